The van der Waals surface area contributed by atoms with Crippen molar-refractivity contribution in [1.82, 2.24) is 0 Å². The van der Waals surface area contributed by atoms with Crippen LogP contribution in [0.15, 0.2) is 12.1 Å². The van der Waals surface area contributed by atoms with Crippen LogP contribution >= 0.6 is 0 Å². The van der Waals surface area contributed by atoms with E-state index in [1.165, 1.54) is 5.56 Å². The summed E-state index contributed by atoms with van der Waals surface area (Å²) in [4.78, 5) is 14.4. The normalized spacial score (nSPS) is 15.7. The van der Waals surface area contributed by atoms with Crippen molar-refractivity contribution in [3.63, 3.8) is 0 Å². The molecule has 4 N–H and O–H groups in total. The molecule has 1 aromatic rings. The average molecular weight is 392 g/mol. The van der Waals surface area contributed by atoms with Crippen LogP contribution in [0.3, 0.4) is 0 Å². The molecule has 1 aliphatic heterocycles. The van der Waals surface area contributed by atoms with Gasteiger partial charge in [-0.25, -0.2) is 0 Å². The number of carbonyl (C=O) groups is 1. The lowest BCUT2D eigenvalue weighted by molar-refractivity contribution is 0.100. The molecule has 6 heteroatoms. The number of anilines is 1. The average Bonchev–Trinajstić information content (AvgIpc) is 2.92. The van der Waals surface area contributed by atoms with Crippen LogP contribution < -0.4 is 16.4 Å². The summed E-state index contributed by atoms with van der Waals surface area (Å²) in [6, 6.07) is 4.18. The predicted molar refractivity (Wildman–Crippen MR) is 116 cm³/mol. The van der Waals surface area contributed by atoms with E-state index in [0.717, 1.165) is 50.2 Å². The number of nitrogens with two attached hydrogens (primary N) is 2. The molecule has 0 spiro atoms. The van der Waals surface area contributed by atoms with E-state index < -0.39 is 8.32 Å². The first-order valence-electron chi connectivity index (χ1n) is 10.0. The number of amides is 1. The minimum atomic E-state index is -1.71. The number of fused-ring (bicyclic) bond motifs is 1. The first-order valence-corrected chi connectivity index (χ1v) is 12.9. The molecule has 1 amide bonds. The third-order valence-corrected chi connectivity index (χ3v) is 10.4. The van der Waals surface area contributed by atoms with Crippen LogP contribution in [0.4, 0.5) is 5.69 Å². The van der Waals surface area contributed by atoms with Gasteiger partial charge in [-0.3, -0.25) is 4.79 Å². The summed E-state index contributed by atoms with van der Waals surface area (Å²) in [7, 11) is -1.71. The van der Waals surface area contributed by atoms with E-state index in [-0.39, 0.29) is 17.0 Å². The third kappa shape index (κ3) is 5.33. The molecule has 1 aromatic carbocycles. The number of hydrogen-bond donors (Lipinski definition) is 2. The molecule has 0 saturated heterocycles. The Bertz CT molecular complexity index is 681. The number of primary amides is 1. The van der Waals surface area contributed by atoms with Crippen LogP contribution in [-0.2, 0) is 17.3 Å². The Morgan fingerprint density at radius 1 is 1.33 bits per heavy atom. The van der Waals surface area contributed by atoms with Gasteiger partial charge in [0.2, 0.25) is 0 Å². The molecular formula is C21H37N3O2Si. The van der Waals surface area contributed by atoms with Crippen molar-refractivity contribution in [3.05, 3.63) is 28.8 Å². The zero-order valence-electron chi connectivity index (χ0n) is 17.9. The predicted octanol–water partition coefficient (Wildman–Crippen LogP) is 3.45. The molecule has 152 valence electrons. The van der Waals surface area contributed by atoms with Gasteiger partial charge in [0.05, 0.1) is 11.3 Å². The minimum absolute atomic E-state index is 0.0637. The van der Waals surface area contributed by atoms with Crippen molar-refractivity contribution in [1.29, 1.82) is 0 Å². The zero-order valence-corrected chi connectivity index (χ0v) is 18.9. The second-order valence-electron chi connectivity index (χ2n) is 9.40. The second-order valence-corrected chi connectivity index (χ2v) is 14.2. The van der Waals surface area contributed by atoms with Crippen LogP contribution in [0.25, 0.3) is 0 Å². The highest BCUT2D eigenvalue weighted by Crippen LogP contribution is 2.37. The topological polar surface area (TPSA) is 81.6 Å². The Balaban J connectivity index is 2.06. The number of nitrogens with zero attached hydrogens (tertiary/aromatic N) is 1. The van der Waals surface area contributed by atoms with Crippen molar-refractivity contribution in [3.8, 4) is 0 Å². The molecule has 1 atom stereocenters. The van der Waals surface area contributed by atoms with E-state index in [1.54, 1.807) is 0 Å². The Labute approximate surface area is 165 Å². The first-order chi connectivity index (χ1) is 12.4. The Kier molecular flexibility index (Phi) is 6.76. The highest BCUT2D eigenvalue weighted by Gasteiger charge is 2.37. The molecule has 0 aliphatic carbocycles. The quantitative estimate of drug-likeness (QED) is 0.525. The van der Waals surface area contributed by atoms with Crippen LogP contribution in [0, 0.1) is 0 Å². The molecule has 2 rings (SSSR count). The van der Waals surface area contributed by atoms with Gasteiger partial charge in [-0.05, 0) is 61.5 Å². The van der Waals surface area contributed by atoms with E-state index in [2.05, 4.69) is 44.8 Å². The van der Waals surface area contributed by atoms with Gasteiger partial charge < -0.3 is 20.8 Å². The van der Waals surface area contributed by atoms with E-state index in [4.69, 9.17) is 15.9 Å². The molecule has 27 heavy (non-hydrogen) atoms. The molecule has 1 unspecified atom stereocenters. The Morgan fingerprint density at radius 2 is 2.00 bits per heavy atom. The van der Waals surface area contributed by atoms with E-state index in [1.807, 2.05) is 13.0 Å². The van der Waals surface area contributed by atoms with E-state index in [9.17, 15) is 4.79 Å². The summed E-state index contributed by atoms with van der Waals surface area (Å²) in [6.07, 6.45) is 2.66. The zero-order chi connectivity index (χ0) is 20.4. The molecule has 0 fully saturated rings. The van der Waals surface area contributed by atoms with Gasteiger partial charge in [0.15, 0.2) is 8.32 Å². The summed E-state index contributed by atoms with van der Waals surface area (Å²) in [6.45, 7) is 15.9. The Morgan fingerprint density at radius 3 is 2.56 bits per heavy atom. The van der Waals surface area contributed by atoms with Crippen molar-refractivity contribution < 1.29 is 9.22 Å². The monoisotopic (exact) mass is 391 g/mol. The van der Waals surface area contributed by atoms with Crippen molar-refractivity contribution in [2.75, 3.05) is 24.6 Å². The number of rotatable bonds is 8. The van der Waals surface area contributed by atoms with Gasteiger partial charge in [-0.15, -0.1) is 0 Å². The van der Waals surface area contributed by atoms with Crippen molar-refractivity contribution >= 4 is 19.9 Å². The summed E-state index contributed by atoms with van der Waals surface area (Å²) in [5, 5.41) is 0.225. The third-order valence-electron chi connectivity index (χ3n) is 5.88. The van der Waals surface area contributed by atoms with Gasteiger partial charge in [-0.2, -0.15) is 0 Å². The van der Waals surface area contributed by atoms with E-state index in [0.29, 0.717) is 5.56 Å². The van der Waals surface area contributed by atoms with Crippen LogP contribution in [0.2, 0.25) is 18.1 Å². The lowest BCUT2D eigenvalue weighted by atomic mass is 9.98. The van der Waals surface area contributed by atoms with Crippen LogP contribution in [0.1, 0.15) is 55.6 Å². The van der Waals surface area contributed by atoms with E-state index >= 15 is 0 Å². The van der Waals surface area contributed by atoms with Crippen molar-refractivity contribution in [2.45, 2.75) is 71.1 Å². The van der Waals surface area contributed by atoms with Gasteiger partial charge >= 0.3 is 0 Å². The lowest BCUT2D eigenvalue weighted by Gasteiger charge is -2.36. The van der Waals surface area contributed by atoms with Gasteiger partial charge in [0, 0.05) is 25.7 Å². The highest BCUT2D eigenvalue weighted by atomic mass is 28.4. The summed E-state index contributed by atoms with van der Waals surface area (Å²) < 4.78 is 6.29. The van der Waals surface area contributed by atoms with Crippen LogP contribution in [0.5, 0.6) is 0 Å². The maximum atomic E-state index is 12.1. The summed E-state index contributed by atoms with van der Waals surface area (Å²) in [5.41, 5.74) is 15.6. The smallest absolute Gasteiger partial charge is 0.250 e. The maximum Gasteiger partial charge on any atom is 0.250 e. The SMILES string of the molecule is CC(N)Cc1cc2c(c(C(N)=O)c1)N(CCCO[Si](C)(C)C(C)(C)C)CC2. The molecule has 0 bridgehead atoms. The van der Waals surface area contributed by atoms with Gasteiger partial charge in [0.25, 0.3) is 5.91 Å². The number of hydrogen-bond acceptors (Lipinski definition) is 4. The standard InChI is InChI=1S/C21H37N3O2Si/c1-15(22)12-16-13-17-8-10-24(19(17)18(14-16)20(23)25)9-7-11-26-27(5,6)21(2,3)4/h13-15H,7-12,22H2,1-6H3,(H2,23,25). The van der Waals surface area contributed by atoms with Crippen molar-refractivity contribution in [2.24, 2.45) is 11.5 Å². The lowest BCUT2D eigenvalue weighted by Crippen LogP contribution is -2.41. The summed E-state index contributed by atoms with van der Waals surface area (Å²) in [5.74, 6) is -0.359. The van der Waals surface area contributed by atoms with Crippen LogP contribution in [-0.4, -0.2) is 40.0 Å². The van der Waals surface area contributed by atoms with Gasteiger partial charge in [-0.1, -0.05) is 26.8 Å². The van der Waals surface area contributed by atoms with Gasteiger partial charge in [0.1, 0.15) is 0 Å². The minimum Gasteiger partial charge on any atom is -0.417 e. The molecule has 0 radical (unpaired) electrons. The highest BCUT2D eigenvalue weighted by molar-refractivity contribution is 6.74. The molecule has 1 aliphatic rings. The molecule has 0 saturated carbocycles. The molecular weight excluding hydrogens is 354 g/mol. The Hall–Kier alpha value is -1.37. The molecule has 1 heterocycles. The fourth-order valence-electron chi connectivity index (χ4n) is 3.39. The molecule has 5 nitrogen and oxygen atoms in total. The summed E-state index contributed by atoms with van der Waals surface area (Å²) >= 11 is 0. The fraction of sp³-hybridized carbons (Fsp3) is 0.667. The number of benzene rings is 1. The second kappa shape index (κ2) is 8.33. The fourth-order valence-corrected chi connectivity index (χ4v) is 4.48. The molecule has 0 aromatic heterocycles. The number of carbonyl (C=O) groups excluding carboxylic acids is 1. The largest absolute Gasteiger partial charge is 0.417 e. The first kappa shape index (κ1) is 21.9. The maximum absolute atomic E-state index is 12.1.